The second kappa shape index (κ2) is 6.06. The van der Waals surface area contributed by atoms with E-state index in [0.29, 0.717) is 5.92 Å². The van der Waals surface area contributed by atoms with E-state index in [9.17, 15) is 4.79 Å². The summed E-state index contributed by atoms with van der Waals surface area (Å²) in [5.74, 6) is 0.514. The number of hydrogen-bond acceptors (Lipinski definition) is 3. The lowest BCUT2D eigenvalue weighted by Crippen LogP contribution is -2.46. The van der Waals surface area contributed by atoms with Crippen LogP contribution in [0.4, 0.5) is 0 Å². The summed E-state index contributed by atoms with van der Waals surface area (Å²) in [5.41, 5.74) is 1.21. The van der Waals surface area contributed by atoms with E-state index in [1.165, 1.54) is 5.56 Å². The molecule has 1 aromatic rings. The first kappa shape index (κ1) is 13.9. The van der Waals surface area contributed by atoms with E-state index in [4.69, 9.17) is 9.84 Å². The van der Waals surface area contributed by atoms with E-state index >= 15 is 0 Å². The summed E-state index contributed by atoms with van der Waals surface area (Å²) in [4.78, 5) is 12.8. The molecule has 0 radical (unpaired) electrons. The third-order valence-corrected chi connectivity index (χ3v) is 3.17. The van der Waals surface area contributed by atoms with E-state index in [2.05, 4.69) is 17.0 Å². The van der Waals surface area contributed by atoms with Gasteiger partial charge in [-0.3, -0.25) is 9.69 Å². The summed E-state index contributed by atoms with van der Waals surface area (Å²) in [7, 11) is 0. The van der Waals surface area contributed by atoms with Gasteiger partial charge in [0.2, 0.25) is 0 Å². The second-order valence-electron chi connectivity index (χ2n) is 5.47. The highest BCUT2D eigenvalue weighted by molar-refractivity contribution is 5.67. The Balaban J connectivity index is 1.82. The highest BCUT2D eigenvalue weighted by atomic mass is 16.5. The molecule has 1 heterocycles. The minimum Gasteiger partial charge on any atom is -0.491 e. The van der Waals surface area contributed by atoms with Crippen molar-refractivity contribution in [3.05, 3.63) is 29.8 Å². The number of nitrogens with zero attached hydrogens (tertiary/aromatic N) is 1. The molecule has 0 aromatic heterocycles. The van der Waals surface area contributed by atoms with Gasteiger partial charge in [0.15, 0.2) is 0 Å². The van der Waals surface area contributed by atoms with Crippen molar-refractivity contribution in [2.75, 3.05) is 13.1 Å². The lowest BCUT2D eigenvalue weighted by Gasteiger charge is -2.38. The third-order valence-electron chi connectivity index (χ3n) is 3.17. The van der Waals surface area contributed by atoms with Crippen molar-refractivity contribution in [1.29, 1.82) is 0 Å². The monoisotopic (exact) mass is 263 g/mol. The molecule has 4 heteroatoms. The minimum absolute atomic E-state index is 0.180. The van der Waals surface area contributed by atoms with Crippen LogP contribution in [-0.2, 0) is 11.3 Å². The molecule has 19 heavy (non-hydrogen) atoms. The van der Waals surface area contributed by atoms with Gasteiger partial charge in [-0.1, -0.05) is 12.1 Å². The van der Waals surface area contributed by atoms with Crippen LogP contribution in [0.5, 0.6) is 5.75 Å². The molecule has 0 atom stereocenters. The molecule has 1 aliphatic rings. The number of carbonyl (C=O) groups is 1. The summed E-state index contributed by atoms with van der Waals surface area (Å²) in [5, 5.41) is 8.71. The Morgan fingerprint density at radius 3 is 2.84 bits per heavy atom. The SMILES string of the molecule is CC(C)Oc1cccc(CN2CC(CC(=O)O)C2)c1. The van der Waals surface area contributed by atoms with E-state index in [1.54, 1.807) is 0 Å². The van der Waals surface area contributed by atoms with E-state index < -0.39 is 5.97 Å². The van der Waals surface area contributed by atoms with E-state index in [0.717, 1.165) is 25.4 Å². The van der Waals surface area contributed by atoms with Crippen molar-refractivity contribution < 1.29 is 14.6 Å². The summed E-state index contributed by atoms with van der Waals surface area (Å²) < 4.78 is 5.67. The average molecular weight is 263 g/mol. The predicted octanol–water partition coefficient (Wildman–Crippen LogP) is 2.38. The fourth-order valence-corrected chi connectivity index (χ4v) is 2.43. The Morgan fingerprint density at radius 1 is 1.47 bits per heavy atom. The smallest absolute Gasteiger partial charge is 0.303 e. The van der Waals surface area contributed by atoms with Gasteiger partial charge < -0.3 is 9.84 Å². The maximum absolute atomic E-state index is 10.6. The topological polar surface area (TPSA) is 49.8 Å². The standard InChI is InChI=1S/C15H21NO3/c1-11(2)19-14-5-3-4-12(6-14)8-16-9-13(10-16)7-15(17)18/h3-6,11,13H,7-10H2,1-2H3,(H,17,18). The van der Waals surface area contributed by atoms with Crippen molar-refractivity contribution in [1.82, 2.24) is 4.90 Å². The molecule has 1 aromatic carbocycles. The number of rotatable bonds is 6. The van der Waals surface area contributed by atoms with Crippen LogP contribution in [-0.4, -0.2) is 35.2 Å². The normalized spacial score (nSPS) is 16.4. The first-order valence-corrected chi connectivity index (χ1v) is 6.72. The van der Waals surface area contributed by atoms with E-state index in [-0.39, 0.29) is 12.5 Å². The predicted molar refractivity (Wildman–Crippen MR) is 73.2 cm³/mol. The maximum Gasteiger partial charge on any atom is 0.303 e. The molecule has 0 aliphatic carbocycles. The fraction of sp³-hybridized carbons (Fsp3) is 0.533. The highest BCUT2D eigenvalue weighted by Gasteiger charge is 2.28. The molecule has 1 fully saturated rings. The highest BCUT2D eigenvalue weighted by Crippen LogP contribution is 2.23. The molecule has 0 spiro atoms. The largest absolute Gasteiger partial charge is 0.491 e. The lowest BCUT2D eigenvalue weighted by atomic mass is 9.96. The number of carboxylic acid groups (broad SMARTS) is 1. The van der Waals surface area contributed by atoms with Gasteiger partial charge >= 0.3 is 5.97 Å². The second-order valence-corrected chi connectivity index (χ2v) is 5.47. The zero-order valence-electron chi connectivity index (χ0n) is 11.5. The number of benzene rings is 1. The molecule has 1 N–H and O–H groups in total. The maximum atomic E-state index is 10.6. The van der Waals surface area contributed by atoms with E-state index in [1.807, 2.05) is 26.0 Å². The molecule has 0 bridgehead atoms. The molecular weight excluding hydrogens is 242 g/mol. The Kier molecular flexibility index (Phi) is 4.43. The molecule has 2 rings (SSSR count). The van der Waals surface area contributed by atoms with Crippen LogP contribution in [0.3, 0.4) is 0 Å². The third kappa shape index (κ3) is 4.24. The molecular formula is C15H21NO3. The van der Waals surface area contributed by atoms with Crippen molar-refractivity contribution in [3.8, 4) is 5.75 Å². The lowest BCUT2D eigenvalue weighted by molar-refractivity contribution is -0.139. The summed E-state index contributed by atoms with van der Waals surface area (Å²) in [6.45, 7) is 6.64. The van der Waals surface area contributed by atoms with Crippen LogP contribution in [0.15, 0.2) is 24.3 Å². The Hall–Kier alpha value is -1.55. The molecule has 0 saturated carbocycles. The van der Waals surface area contributed by atoms with Crippen LogP contribution in [0.25, 0.3) is 0 Å². The number of hydrogen-bond donors (Lipinski definition) is 1. The number of likely N-dealkylation sites (tertiary alicyclic amines) is 1. The molecule has 1 aliphatic heterocycles. The first-order chi connectivity index (χ1) is 9.02. The van der Waals surface area contributed by atoms with Gasteiger partial charge in [-0.2, -0.15) is 0 Å². The molecule has 104 valence electrons. The van der Waals surface area contributed by atoms with Crippen molar-refractivity contribution in [2.24, 2.45) is 5.92 Å². The first-order valence-electron chi connectivity index (χ1n) is 6.72. The fourth-order valence-electron chi connectivity index (χ4n) is 2.43. The number of aliphatic carboxylic acids is 1. The van der Waals surface area contributed by atoms with Crippen molar-refractivity contribution in [3.63, 3.8) is 0 Å². The average Bonchev–Trinajstić information content (AvgIpc) is 2.25. The van der Waals surface area contributed by atoms with Gasteiger partial charge in [0.25, 0.3) is 0 Å². The molecule has 0 unspecified atom stereocenters. The van der Waals surface area contributed by atoms with Crippen molar-refractivity contribution in [2.45, 2.75) is 32.9 Å². The number of ether oxygens (including phenoxy) is 1. The summed E-state index contributed by atoms with van der Waals surface area (Å²) in [6, 6.07) is 8.11. The Morgan fingerprint density at radius 2 is 2.21 bits per heavy atom. The molecule has 0 amide bonds. The van der Waals surface area contributed by atoms with Crippen molar-refractivity contribution >= 4 is 5.97 Å². The zero-order chi connectivity index (χ0) is 13.8. The quantitative estimate of drug-likeness (QED) is 0.856. The van der Waals surface area contributed by atoms with Gasteiger partial charge in [-0.15, -0.1) is 0 Å². The van der Waals surface area contributed by atoms with Gasteiger partial charge in [0.1, 0.15) is 5.75 Å². The summed E-state index contributed by atoms with van der Waals surface area (Å²) in [6.07, 6.45) is 0.465. The molecule has 4 nitrogen and oxygen atoms in total. The van der Waals surface area contributed by atoms with Gasteiger partial charge in [-0.25, -0.2) is 0 Å². The molecule has 1 saturated heterocycles. The zero-order valence-corrected chi connectivity index (χ0v) is 11.5. The van der Waals surface area contributed by atoms with Gasteiger partial charge in [0.05, 0.1) is 12.5 Å². The van der Waals surface area contributed by atoms with Gasteiger partial charge in [-0.05, 0) is 37.5 Å². The van der Waals surface area contributed by atoms with Crippen LogP contribution >= 0.6 is 0 Å². The Labute approximate surface area is 114 Å². The van der Waals surface area contributed by atoms with Crippen LogP contribution in [0.1, 0.15) is 25.8 Å². The van der Waals surface area contributed by atoms with Gasteiger partial charge in [0, 0.05) is 19.6 Å². The summed E-state index contributed by atoms with van der Waals surface area (Å²) >= 11 is 0. The minimum atomic E-state index is -0.697. The number of carboxylic acids is 1. The van der Waals surface area contributed by atoms with Crippen LogP contribution in [0.2, 0.25) is 0 Å². The van der Waals surface area contributed by atoms with Crippen LogP contribution in [0, 0.1) is 5.92 Å². The Bertz CT molecular complexity index is 439. The van der Waals surface area contributed by atoms with Crippen LogP contribution < -0.4 is 4.74 Å².